The minimum Gasteiger partial charge on any atom is -0.314 e. The molecule has 1 nitrogen and oxygen atoms in total. The summed E-state index contributed by atoms with van der Waals surface area (Å²) < 4.78 is 0. The standard InChI is InChI=1S/C13H27N/c1-4-14-12(3)11(2)10-13-8-6-5-7-9-13/h11-14H,4-10H2,1-3H3. The van der Waals surface area contributed by atoms with Crippen LogP contribution in [0.25, 0.3) is 0 Å². The van der Waals surface area contributed by atoms with Crippen LogP contribution in [0.15, 0.2) is 0 Å². The quantitative estimate of drug-likeness (QED) is 0.710. The normalized spacial score (nSPS) is 23.4. The van der Waals surface area contributed by atoms with Crippen molar-refractivity contribution in [3.05, 3.63) is 0 Å². The minimum atomic E-state index is 0.696. The molecule has 0 aromatic heterocycles. The molecule has 84 valence electrons. The van der Waals surface area contributed by atoms with Gasteiger partial charge in [-0.2, -0.15) is 0 Å². The highest BCUT2D eigenvalue weighted by molar-refractivity contribution is 4.74. The Morgan fingerprint density at radius 1 is 1.14 bits per heavy atom. The lowest BCUT2D eigenvalue weighted by Crippen LogP contribution is -2.33. The molecule has 1 aliphatic rings. The van der Waals surface area contributed by atoms with Crippen LogP contribution in [0.4, 0.5) is 0 Å². The van der Waals surface area contributed by atoms with Gasteiger partial charge in [0, 0.05) is 6.04 Å². The van der Waals surface area contributed by atoms with Gasteiger partial charge in [-0.25, -0.2) is 0 Å². The SMILES string of the molecule is CCNC(C)C(C)CC1CCCCC1. The van der Waals surface area contributed by atoms with E-state index in [4.69, 9.17) is 0 Å². The zero-order chi connectivity index (χ0) is 10.4. The van der Waals surface area contributed by atoms with Crippen molar-refractivity contribution in [2.75, 3.05) is 6.54 Å². The molecule has 0 spiro atoms. The molecular formula is C13H27N. The molecule has 0 radical (unpaired) electrons. The van der Waals surface area contributed by atoms with Gasteiger partial charge in [0.2, 0.25) is 0 Å². The van der Waals surface area contributed by atoms with Crippen molar-refractivity contribution in [2.24, 2.45) is 11.8 Å². The average molecular weight is 197 g/mol. The summed E-state index contributed by atoms with van der Waals surface area (Å²) >= 11 is 0. The molecule has 2 unspecified atom stereocenters. The summed E-state index contributed by atoms with van der Waals surface area (Å²) in [4.78, 5) is 0. The third kappa shape index (κ3) is 4.00. The van der Waals surface area contributed by atoms with Gasteiger partial charge >= 0.3 is 0 Å². The molecule has 0 heterocycles. The smallest absolute Gasteiger partial charge is 0.00643 e. The zero-order valence-corrected chi connectivity index (χ0v) is 10.2. The molecule has 1 N–H and O–H groups in total. The molecule has 0 aliphatic heterocycles. The Hall–Kier alpha value is -0.0400. The molecule has 0 saturated heterocycles. The van der Waals surface area contributed by atoms with Gasteiger partial charge in [-0.05, 0) is 31.7 Å². The van der Waals surface area contributed by atoms with Crippen LogP contribution in [0, 0.1) is 11.8 Å². The first kappa shape index (κ1) is 12.0. The molecule has 1 aliphatic carbocycles. The van der Waals surface area contributed by atoms with E-state index in [0.29, 0.717) is 6.04 Å². The van der Waals surface area contributed by atoms with Crippen molar-refractivity contribution < 1.29 is 0 Å². The van der Waals surface area contributed by atoms with Crippen LogP contribution in [0.2, 0.25) is 0 Å². The topological polar surface area (TPSA) is 12.0 Å². The van der Waals surface area contributed by atoms with Gasteiger partial charge in [-0.15, -0.1) is 0 Å². The molecular weight excluding hydrogens is 170 g/mol. The van der Waals surface area contributed by atoms with E-state index in [1.165, 1.54) is 38.5 Å². The van der Waals surface area contributed by atoms with E-state index in [9.17, 15) is 0 Å². The summed E-state index contributed by atoms with van der Waals surface area (Å²) in [5.41, 5.74) is 0. The molecule has 1 rings (SSSR count). The van der Waals surface area contributed by atoms with Crippen LogP contribution < -0.4 is 5.32 Å². The van der Waals surface area contributed by atoms with Gasteiger partial charge in [0.1, 0.15) is 0 Å². The molecule has 1 saturated carbocycles. The van der Waals surface area contributed by atoms with Crippen molar-refractivity contribution >= 4 is 0 Å². The lowest BCUT2D eigenvalue weighted by Gasteiger charge is -2.28. The largest absolute Gasteiger partial charge is 0.314 e. The van der Waals surface area contributed by atoms with Crippen LogP contribution in [0.3, 0.4) is 0 Å². The van der Waals surface area contributed by atoms with Gasteiger partial charge in [0.15, 0.2) is 0 Å². The second-order valence-electron chi connectivity index (χ2n) is 5.06. The highest BCUT2D eigenvalue weighted by Crippen LogP contribution is 2.29. The van der Waals surface area contributed by atoms with E-state index < -0.39 is 0 Å². The Kier molecular flexibility index (Phi) is 5.54. The lowest BCUT2D eigenvalue weighted by molar-refractivity contribution is 0.265. The van der Waals surface area contributed by atoms with Crippen molar-refractivity contribution in [1.82, 2.24) is 5.32 Å². The van der Waals surface area contributed by atoms with E-state index in [0.717, 1.165) is 18.4 Å². The first-order valence-corrected chi connectivity index (χ1v) is 6.47. The van der Waals surface area contributed by atoms with Crippen molar-refractivity contribution in [1.29, 1.82) is 0 Å². The van der Waals surface area contributed by atoms with Gasteiger partial charge < -0.3 is 5.32 Å². The number of hydrogen-bond acceptors (Lipinski definition) is 1. The van der Waals surface area contributed by atoms with Crippen LogP contribution in [0.5, 0.6) is 0 Å². The van der Waals surface area contributed by atoms with E-state index in [1.807, 2.05) is 0 Å². The molecule has 0 amide bonds. The Morgan fingerprint density at radius 2 is 1.79 bits per heavy atom. The predicted octanol–water partition coefficient (Wildman–Crippen LogP) is 3.59. The van der Waals surface area contributed by atoms with E-state index in [1.54, 1.807) is 0 Å². The number of hydrogen-bond donors (Lipinski definition) is 1. The highest BCUT2D eigenvalue weighted by atomic mass is 14.9. The van der Waals surface area contributed by atoms with Crippen molar-refractivity contribution in [3.8, 4) is 0 Å². The number of rotatable bonds is 5. The molecule has 1 fully saturated rings. The molecule has 0 aromatic rings. The maximum absolute atomic E-state index is 3.53. The minimum absolute atomic E-state index is 0.696. The molecule has 0 aromatic carbocycles. The lowest BCUT2D eigenvalue weighted by atomic mass is 9.81. The Balaban J connectivity index is 2.20. The summed E-state index contributed by atoms with van der Waals surface area (Å²) in [6.45, 7) is 8.04. The van der Waals surface area contributed by atoms with E-state index in [2.05, 4.69) is 26.1 Å². The van der Waals surface area contributed by atoms with Crippen LogP contribution in [-0.2, 0) is 0 Å². The number of nitrogens with one attached hydrogen (secondary N) is 1. The molecule has 14 heavy (non-hydrogen) atoms. The Labute approximate surface area is 89.7 Å². The fourth-order valence-electron chi connectivity index (χ4n) is 2.68. The van der Waals surface area contributed by atoms with Crippen LogP contribution in [0.1, 0.15) is 59.3 Å². The van der Waals surface area contributed by atoms with Crippen LogP contribution in [-0.4, -0.2) is 12.6 Å². The first-order chi connectivity index (χ1) is 6.74. The summed E-state index contributed by atoms with van der Waals surface area (Å²) in [6, 6.07) is 0.696. The Morgan fingerprint density at radius 3 is 2.36 bits per heavy atom. The summed E-state index contributed by atoms with van der Waals surface area (Å²) in [5.74, 6) is 1.87. The van der Waals surface area contributed by atoms with Gasteiger partial charge in [0.25, 0.3) is 0 Å². The van der Waals surface area contributed by atoms with E-state index >= 15 is 0 Å². The second-order valence-corrected chi connectivity index (χ2v) is 5.06. The third-order valence-corrected chi connectivity index (χ3v) is 3.81. The highest BCUT2D eigenvalue weighted by Gasteiger charge is 2.19. The van der Waals surface area contributed by atoms with Gasteiger partial charge in [-0.3, -0.25) is 0 Å². The third-order valence-electron chi connectivity index (χ3n) is 3.81. The Bertz CT molecular complexity index is 138. The summed E-state index contributed by atoms with van der Waals surface area (Å²) in [5, 5.41) is 3.53. The monoisotopic (exact) mass is 197 g/mol. The zero-order valence-electron chi connectivity index (χ0n) is 10.2. The fourth-order valence-corrected chi connectivity index (χ4v) is 2.68. The van der Waals surface area contributed by atoms with Gasteiger partial charge in [0.05, 0.1) is 0 Å². The molecule has 0 bridgehead atoms. The first-order valence-electron chi connectivity index (χ1n) is 6.47. The van der Waals surface area contributed by atoms with E-state index in [-0.39, 0.29) is 0 Å². The summed E-state index contributed by atoms with van der Waals surface area (Å²) in [6.07, 6.45) is 8.86. The molecule has 1 heteroatoms. The predicted molar refractivity (Wildman–Crippen MR) is 63.5 cm³/mol. The molecule has 2 atom stereocenters. The van der Waals surface area contributed by atoms with Crippen molar-refractivity contribution in [3.63, 3.8) is 0 Å². The van der Waals surface area contributed by atoms with Gasteiger partial charge in [-0.1, -0.05) is 46.0 Å². The second kappa shape index (κ2) is 6.44. The van der Waals surface area contributed by atoms with Crippen molar-refractivity contribution in [2.45, 2.75) is 65.3 Å². The fraction of sp³-hybridized carbons (Fsp3) is 1.00. The van der Waals surface area contributed by atoms with Crippen LogP contribution >= 0.6 is 0 Å². The average Bonchev–Trinajstić information content (AvgIpc) is 2.19. The maximum Gasteiger partial charge on any atom is 0.00643 e. The maximum atomic E-state index is 3.53. The summed E-state index contributed by atoms with van der Waals surface area (Å²) in [7, 11) is 0.